The topological polar surface area (TPSA) is 75.4 Å². The molecule has 0 unspecified atom stereocenters. The molecule has 0 atom stereocenters. The smallest absolute Gasteiger partial charge is 0.240 e. The molecule has 3 N–H and O–H groups in total. The monoisotopic (exact) mass is 313 g/mol. The molecule has 120 valence electrons. The van der Waals surface area contributed by atoms with E-state index in [1.54, 1.807) is 12.1 Å². The molecule has 21 heavy (non-hydrogen) atoms. The lowest BCUT2D eigenvalue weighted by molar-refractivity contribution is 0.272. The standard InChI is InChI=1S/C15H27N3O2S/c1-3-11-18(12-4-2)13-5-10-17-21(19,20)15-8-6-14(16)7-9-15/h6-9,17H,3-5,10-13,16H2,1-2H3. The van der Waals surface area contributed by atoms with Gasteiger partial charge in [0, 0.05) is 12.2 Å². The van der Waals surface area contributed by atoms with Gasteiger partial charge in [0.1, 0.15) is 0 Å². The average molecular weight is 313 g/mol. The van der Waals surface area contributed by atoms with Gasteiger partial charge in [-0.2, -0.15) is 0 Å². The molecule has 1 rings (SSSR count). The highest BCUT2D eigenvalue weighted by Crippen LogP contribution is 2.11. The fraction of sp³-hybridized carbons (Fsp3) is 0.600. The largest absolute Gasteiger partial charge is 0.399 e. The molecule has 0 amide bonds. The van der Waals surface area contributed by atoms with Gasteiger partial charge in [0.25, 0.3) is 0 Å². The Morgan fingerprint density at radius 2 is 1.62 bits per heavy atom. The average Bonchev–Trinajstić information content (AvgIpc) is 2.44. The number of hydrogen-bond acceptors (Lipinski definition) is 4. The van der Waals surface area contributed by atoms with Crippen molar-refractivity contribution >= 4 is 15.7 Å². The van der Waals surface area contributed by atoms with Crippen LogP contribution in [0.15, 0.2) is 29.2 Å². The molecule has 0 aliphatic carbocycles. The van der Waals surface area contributed by atoms with E-state index in [0.717, 1.165) is 38.9 Å². The minimum Gasteiger partial charge on any atom is -0.399 e. The highest BCUT2D eigenvalue weighted by Gasteiger charge is 2.13. The SMILES string of the molecule is CCCN(CCC)CCCNS(=O)(=O)c1ccc(N)cc1. The molecule has 1 aromatic carbocycles. The molecule has 5 nitrogen and oxygen atoms in total. The summed E-state index contributed by atoms with van der Waals surface area (Å²) in [6.07, 6.45) is 3.06. The molecule has 0 bridgehead atoms. The third kappa shape index (κ3) is 6.46. The molecule has 0 spiro atoms. The second kappa shape index (κ2) is 9.02. The first-order valence-electron chi connectivity index (χ1n) is 7.57. The van der Waals surface area contributed by atoms with Crippen LogP contribution < -0.4 is 10.5 Å². The van der Waals surface area contributed by atoms with Crippen LogP contribution >= 0.6 is 0 Å². The van der Waals surface area contributed by atoms with E-state index in [9.17, 15) is 8.42 Å². The lowest BCUT2D eigenvalue weighted by atomic mass is 10.3. The maximum absolute atomic E-state index is 12.1. The van der Waals surface area contributed by atoms with Crippen molar-refractivity contribution < 1.29 is 8.42 Å². The van der Waals surface area contributed by atoms with Gasteiger partial charge in [0.05, 0.1) is 4.90 Å². The summed E-state index contributed by atoms with van der Waals surface area (Å²) in [4.78, 5) is 2.63. The maximum Gasteiger partial charge on any atom is 0.240 e. The van der Waals surface area contributed by atoms with E-state index < -0.39 is 10.0 Å². The molecule has 0 saturated heterocycles. The predicted octanol–water partition coefficient (Wildman–Crippen LogP) is 2.06. The quantitative estimate of drug-likeness (QED) is 0.512. The number of rotatable bonds is 10. The fourth-order valence-corrected chi connectivity index (χ4v) is 3.28. The van der Waals surface area contributed by atoms with Gasteiger partial charge in [-0.1, -0.05) is 13.8 Å². The first-order valence-corrected chi connectivity index (χ1v) is 9.05. The van der Waals surface area contributed by atoms with Crippen molar-refractivity contribution in [3.05, 3.63) is 24.3 Å². The fourth-order valence-electron chi connectivity index (χ4n) is 2.21. The summed E-state index contributed by atoms with van der Waals surface area (Å²) < 4.78 is 26.8. The summed E-state index contributed by atoms with van der Waals surface area (Å²) in [7, 11) is -3.42. The van der Waals surface area contributed by atoms with Crippen molar-refractivity contribution in [1.82, 2.24) is 9.62 Å². The Labute approximate surface area is 128 Å². The summed E-state index contributed by atoms with van der Waals surface area (Å²) in [5, 5.41) is 0. The van der Waals surface area contributed by atoms with Crippen LogP contribution in [0.1, 0.15) is 33.1 Å². The molecule has 0 heterocycles. The van der Waals surface area contributed by atoms with Crippen molar-refractivity contribution in [3.8, 4) is 0 Å². The van der Waals surface area contributed by atoms with E-state index in [1.807, 2.05) is 0 Å². The van der Waals surface area contributed by atoms with Gasteiger partial charge in [-0.3, -0.25) is 0 Å². The summed E-state index contributed by atoms with van der Waals surface area (Å²) in [6.45, 7) is 7.83. The molecule has 0 saturated carbocycles. The van der Waals surface area contributed by atoms with E-state index in [4.69, 9.17) is 5.73 Å². The van der Waals surface area contributed by atoms with Gasteiger partial charge in [-0.25, -0.2) is 13.1 Å². The van der Waals surface area contributed by atoms with E-state index in [1.165, 1.54) is 12.1 Å². The van der Waals surface area contributed by atoms with E-state index in [2.05, 4.69) is 23.5 Å². The molecule has 0 fully saturated rings. The first-order chi connectivity index (χ1) is 9.99. The number of nitrogen functional groups attached to an aromatic ring is 1. The molecular formula is C15H27N3O2S. The predicted molar refractivity (Wildman–Crippen MR) is 87.7 cm³/mol. The van der Waals surface area contributed by atoms with Crippen molar-refractivity contribution in [3.63, 3.8) is 0 Å². The molecular weight excluding hydrogens is 286 g/mol. The lowest BCUT2D eigenvalue weighted by Gasteiger charge is -2.20. The van der Waals surface area contributed by atoms with E-state index in [0.29, 0.717) is 12.2 Å². The Bertz CT molecular complexity index is 494. The third-order valence-electron chi connectivity index (χ3n) is 3.21. The third-order valence-corrected chi connectivity index (χ3v) is 4.69. The normalized spacial score (nSPS) is 12.0. The second-order valence-corrected chi connectivity index (χ2v) is 6.93. The molecule has 6 heteroatoms. The molecule has 1 aromatic rings. The van der Waals surface area contributed by atoms with Crippen molar-refractivity contribution in [2.45, 2.75) is 38.0 Å². The van der Waals surface area contributed by atoms with E-state index >= 15 is 0 Å². The number of nitrogens with zero attached hydrogens (tertiary/aromatic N) is 1. The zero-order chi connectivity index (χ0) is 15.7. The highest BCUT2D eigenvalue weighted by atomic mass is 32.2. The highest BCUT2D eigenvalue weighted by molar-refractivity contribution is 7.89. The van der Waals surface area contributed by atoms with Crippen LogP contribution in [0.4, 0.5) is 5.69 Å². The van der Waals surface area contributed by atoms with Gasteiger partial charge < -0.3 is 10.6 Å². The minimum absolute atomic E-state index is 0.260. The van der Waals surface area contributed by atoms with Gasteiger partial charge in [0.15, 0.2) is 0 Å². The van der Waals surface area contributed by atoms with E-state index in [-0.39, 0.29) is 4.90 Å². The summed E-state index contributed by atoms with van der Waals surface area (Å²) in [5.41, 5.74) is 6.12. The molecule has 0 aliphatic heterocycles. The zero-order valence-electron chi connectivity index (χ0n) is 13.0. The summed E-state index contributed by atoms with van der Waals surface area (Å²) in [6, 6.07) is 6.24. The number of anilines is 1. The second-order valence-electron chi connectivity index (χ2n) is 5.16. The van der Waals surface area contributed by atoms with Crippen LogP contribution in [0.25, 0.3) is 0 Å². The van der Waals surface area contributed by atoms with Crippen molar-refractivity contribution in [1.29, 1.82) is 0 Å². The Hall–Kier alpha value is -1.11. The van der Waals surface area contributed by atoms with Crippen LogP contribution in [-0.4, -0.2) is 39.5 Å². The van der Waals surface area contributed by atoms with Crippen LogP contribution in [0.3, 0.4) is 0 Å². The summed E-state index contributed by atoms with van der Waals surface area (Å²) >= 11 is 0. The van der Waals surface area contributed by atoms with Gasteiger partial charge in [-0.05, 0) is 63.2 Å². The molecule has 0 aromatic heterocycles. The Morgan fingerprint density at radius 1 is 1.05 bits per heavy atom. The van der Waals surface area contributed by atoms with Crippen LogP contribution in [0.5, 0.6) is 0 Å². The van der Waals surface area contributed by atoms with Gasteiger partial charge >= 0.3 is 0 Å². The summed E-state index contributed by atoms with van der Waals surface area (Å²) in [5.74, 6) is 0. The maximum atomic E-state index is 12.1. The number of nitrogens with two attached hydrogens (primary N) is 1. The number of hydrogen-bond donors (Lipinski definition) is 2. The molecule has 0 aliphatic rings. The number of sulfonamides is 1. The van der Waals surface area contributed by atoms with Gasteiger partial charge in [0.2, 0.25) is 10.0 Å². The van der Waals surface area contributed by atoms with Gasteiger partial charge in [-0.15, -0.1) is 0 Å². The Morgan fingerprint density at radius 3 is 2.14 bits per heavy atom. The Kier molecular flexibility index (Phi) is 7.71. The van der Waals surface area contributed by atoms with Crippen molar-refractivity contribution in [2.24, 2.45) is 0 Å². The van der Waals surface area contributed by atoms with Crippen LogP contribution in [-0.2, 0) is 10.0 Å². The van der Waals surface area contributed by atoms with Crippen molar-refractivity contribution in [2.75, 3.05) is 31.9 Å². The number of benzene rings is 1. The molecule has 0 radical (unpaired) electrons. The zero-order valence-corrected chi connectivity index (χ0v) is 13.8. The first kappa shape index (κ1) is 17.9. The number of nitrogens with one attached hydrogen (secondary N) is 1. The lowest BCUT2D eigenvalue weighted by Crippen LogP contribution is -2.31. The Balaban J connectivity index is 2.41. The van der Waals surface area contributed by atoms with Crippen LogP contribution in [0, 0.1) is 0 Å². The minimum atomic E-state index is -3.42. The van der Waals surface area contributed by atoms with Crippen LogP contribution in [0.2, 0.25) is 0 Å².